The molecule has 2 amide bonds. The molecule has 2 N–H and O–H groups in total. The van der Waals surface area contributed by atoms with Gasteiger partial charge in [-0.15, -0.1) is 0 Å². The maximum atomic E-state index is 12.0. The average Bonchev–Trinajstić information content (AvgIpc) is 2.53. The van der Waals surface area contributed by atoms with Gasteiger partial charge in [-0.1, -0.05) is 62.4 Å². The number of aryl methyl sites for hydroxylation is 1. The molecule has 0 unspecified atom stereocenters. The molecule has 0 fully saturated rings. The van der Waals surface area contributed by atoms with Crippen molar-refractivity contribution in [2.24, 2.45) is 0 Å². The van der Waals surface area contributed by atoms with Gasteiger partial charge in [-0.25, -0.2) is 4.79 Å². The second-order valence-electron chi connectivity index (χ2n) is 5.71. The van der Waals surface area contributed by atoms with Gasteiger partial charge in [-0.05, 0) is 36.0 Å². The van der Waals surface area contributed by atoms with Crippen LogP contribution < -0.4 is 10.6 Å². The Hall–Kier alpha value is -2.29. The molecule has 0 heterocycles. The average molecular weight is 296 g/mol. The predicted octanol–water partition coefficient (Wildman–Crippen LogP) is 4.56. The summed E-state index contributed by atoms with van der Waals surface area (Å²) in [4.78, 5) is 12.0. The third kappa shape index (κ3) is 4.92. The van der Waals surface area contributed by atoms with Crippen LogP contribution in [0.1, 0.15) is 37.3 Å². The molecule has 0 aliphatic carbocycles. The fraction of sp³-hybridized carbons (Fsp3) is 0.316. The molecule has 0 aromatic heterocycles. The number of nitrogens with one attached hydrogen (secondary N) is 2. The van der Waals surface area contributed by atoms with Crippen LogP contribution in [-0.2, 0) is 6.42 Å². The van der Waals surface area contributed by atoms with E-state index in [0.29, 0.717) is 12.5 Å². The number of amides is 2. The molecule has 0 aliphatic heterocycles. The van der Waals surface area contributed by atoms with Crippen LogP contribution in [0, 0.1) is 0 Å². The van der Waals surface area contributed by atoms with Gasteiger partial charge in [0.2, 0.25) is 0 Å². The number of rotatable bonds is 6. The van der Waals surface area contributed by atoms with Crippen LogP contribution in [0.2, 0.25) is 0 Å². The topological polar surface area (TPSA) is 41.1 Å². The molecular weight excluding hydrogens is 272 g/mol. The number of carbonyl (C=O) groups excluding carboxylic acids is 1. The molecular formula is C19H24N2O. The Morgan fingerprint density at radius 1 is 1.00 bits per heavy atom. The van der Waals surface area contributed by atoms with E-state index in [0.717, 1.165) is 24.1 Å². The van der Waals surface area contributed by atoms with Crippen LogP contribution in [0.3, 0.4) is 0 Å². The molecule has 0 spiro atoms. The number of hydrogen-bond acceptors (Lipinski definition) is 1. The Labute approximate surface area is 132 Å². The normalized spacial score (nSPS) is 10.5. The standard InChI is InChI=1S/C19H24N2O/c1-15(2)17-12-6-7-13-18(17)21-19(22)20-14-8-11-16-9-4-3-5-10-16/h3-7,9-10,12-13,15H,8,11,14H2,1-2H3,(H2,20,21,22). The van der Waals surface area contributed by atoms with E-state index in [1.807, 2.05) is 36.4 Å². The Bertz CT molecular complexity index is 593. The van der Waals surface area contributed by atoms with E-state index in [-0.39, 0.29) is 6.03 Å². The molecule has 3 nitrogen and oxygen atoms in total. The predicted molar refractivity (Wildman–Crippen MR) is 92.3 cm³/mol. The summed E-state index contributed by atoms with van der Waals surface area (Å²) in [6.45, 7) is 4.92. The lowest BCUT2D eigenvalue weighted by atomic mass is 10.0. The molecule has 22 heavy (non-hydrogen) atoms. The monoisotopic (exact) mass is 296 g/mol. The summed E-state index contributed by atoms with van der Waals surface area (Å²) in [7, 11) is 0. The quantitative estimate of drug-likeness (QED) is 0.754. The van der Waals surface area contributed by atoms with E-state index >= 15 is 0 Å². The summed E-state index contributed by atoms with van der Waals surface area (Å²) < 4.78 is 0. The first kappa shape index (κ1) is 16.1. The molecule has 0 bridgehead atoms. The van der Waals surface area contributed by atoms with Gasteiger partial charge in [-0.2, -0.15) is 0 Å². The molecule has 2 aromatic rings. The van der Waals surface area contributed by atoms with Crippen molar-refractivity contribution in [2.75, 3.05) is 11.9 Å². The Kier molecular flexibility index (Phi) is 6.01. The van der Waals surface area contributed by atoms with Gasteiger partial charge >= 0.3 is 6.03 Å². The lowest BCUT2D eigenvalue weighted by molar-refractivity contribution is 0.252. The zero-order chi connectivity index (χ0) is 15.8. The van der Waals surface area contributed by atoms with Crippen molar-refractivity contribution < 1.29 is 4.79 Å². The molecule has 0 atom stereocenters. The van der Waals surface area contributed by atoms with Crippen LogP contribution >= 0.6 is 0 Å². The zero-order valence-corrected chi connectivity index (χ0v) is 13.3. The second-order valence-corrected chi connectivity index (χ2v) is 5.71. The van der Waals surface area contributed by atoms with Crippen molar-refractivity contribution in [3.05, 3.63) is 65.7 Å². The van der Waals surface area contributed by atoms with Gasteiger partial charge in [0, 0.05) is 12.2 Å². The Balaban J connectivity index is 1.77. The first-order valence-corrected chi connectivity index (χ1v) is 7.84. The lowest BCUT2D eigenvalue weighted by Crippen LogP contribution is -2.30. The van der Waals surface area contributed by atoms with E-state index in [2.05, 4.69) is 42.7 Å². The Morgan fingerprint density at radius 3 is 2.41 bits per heavy atom. The highest BCUT2D eigenvalue weighted by atomic mass is 16.2. The van der Waals surface area contributed by atoms with Crippen LogP contribution in [0.15, 0.2) is 54.6 Å². The molecule has 0 saturated carbocycles. The number of urea groups is 1. The van der Waals surface area contributed by atoms with Crippen molar-refractivity contribution in [3.63, 3.8) is 0 Å². The maximum Gasteiger partial charge on any atom is 0.319 e. The molecule has 0 saturated heterocycles. The van der Waals surface area contributed by atoms with E-state index < -0.39 is 0 Å². The summed E-state index contributed by atoms with van der Waals surface area (Å²) in [5, 5.41) is 5.86. The van der Waals surface area contributed by atoms with Crippen LogP contribution in [0.4, 0.5) is 10.5 Å². The molecule has 2 rings (SSSR count). The van der Waals surface area contributed by atoms with Crippen LogP contribution in [-0.4, -0.2) is 12.6 Å². The highest BCUT2D eigenvalue weighted by Gasteiger charge is 2.08. The van der Waals surface area contributed by atoms with Crippen molar-refractivity contribution in [2.45, 2.75) is 32.6 Å². The highest BCUT2D eigenvalue weighted by Crippen LogP contribution is 2.23. The van der Waals surface area contributed by atoms with Gasteiger partial charge in [0.1, 0.15) is 0 Å². The summed E-state index contributed by atoms with van der Waals surface area (Å²) in [6, 6.07) is 18.1. The second kappa shape index (κ2) is 8.23. The SMILES string of the molecule is CC(C)c1ccccc1NC(=O)NCCCc1ccccc1. The minimum absolute atomic E-state index is 0.138. The van der Waals surface area contributed by atoms with E-state index in [1.165, 1.54) is 5.56 Å². The number of para-hydroxylation sites is 1. The summed E-state index contributed by atoms with van der Waals surface area (Å²) in [6.07, 6.45) is 1.91. The number of carbonyl (C=O) groups is 1. The van der Waals surface area contributed by atoms with Gasteiger partial charge in [0.25, 0.3) is 0 Å². The fourth-order valence-corrected chi connectivity index (χ4v) is 2.42. The van der Waals surface area contributed by atoms with Crippen molar-refractivity contribution in [1.29, 1.82) is 0 Å². The minimum atomic E-state index is -0.138. The van der Waals surface area contributed by atoms with Crippen LogP contribution in [0.25, 0.3) is 0 Å². The van der Waals surface area contributed by atoms with Crippen molar-refractivity contribution in [1.82, 2.24) is 5.32 Å². The van der Waals surface area contributed by atoms with Gasteiger partial charge in [-0.3, -0.25) is 0 Å². The van der Waals surface area contributed by atoms with E-state index in [1.54, 1.807) is 0 Å². The third-order valence-electron chi connectivity index (χ3n) is 3.60. The van der Waals surface area contributed by atoms with Crippen LogP contribution in [0.5, 0.6) is 0 Å². The summed E-state index contributed by atoms with van der Waals surface area (Å²) >= 11 is 0. The number of hydrogen-bond donors (Lipinski definition) is 2. The molecule has 3 heteroatoms. The van der Waals surface area contributed by atoms with E-state index in [9.17, 15) is 4.79 Å². The van der Waals surface area contributed by atoms with E-state index in [4.69, 9.17) is 0 Å². The molecule has 0 aliphatic rings. The lowest BCUT2D eigenvalue weighted by Gasteiger charge is -2.14. The summed E-state index contributed by atoms with van der Waals surface area (Å²) in [5.74, 6) is 0.384. The zero-order valence-electron chi connectivity index (χ0n) is 13.3. The maximum absolute atomic E-state index is 12.0. The minimum Gasteiger partial charge on any atom is -0.338 e. The number of benzene rings is 2. The first-order chi connectivity index (χ1) is 10.7. The Morgan fingerprint density at radius 2 is 1.68 bits per heavy atom. The smallest absolute Gasteiger partial charge is 0.319 e. The first-order valence-electron chi connectivity index (χ1n) is 7.84. The van der Waals surface area contributed by atoms with Gasteiger partial charge < -0.3 is 10.6 Å². The summed E-state index contributed by atoms with van der Waals surface area (Å²) in [5.41, 5.74) is 3.34. The molecule has 0 radical (unpaired) electrons. The molecule has 2 aromatic carbocycles. The fourth-order valence-electron chi connectivity index (χ4n) is 2.42. The largest absolute Gasteiger partial charge is 0.338 e. The van der Waals surface area contributed by atoms with Gasteiger partial charge in [0.05, 0.1) is 0 Å². The van der Waals surface area contributed by atoms with Gasteiger partial charge in [0.15, 0.2) is 0 Å². The third-order valence-corrected chi connectivity index (χ3v) is 3.60. The number of anilines is 1. The molecule has 116 valence electrons. The highest BCUT2D eigenvalue weighted by molar-refractivity contribution is 5.90. The van der Waals surface area contributed by atoms with Crippen molar-refractivity contribution in [3.8, 4) is 0 Å². The van der Waals surface area contributed by atoms with Crippen molar-refractivity contribution >= 4 is 11.7 Å².